The van der Waals surface area contributed by atoms with Crippen LogP contribution < -0.4 is 10.6 Å². The number of aryl methyl sites for hydroxylation is 1. The Morgan fingerprint density at radius 1 is 1.43 bits per heavy atom. The van der Waals surface area contributed by atoms with Crippen molar-refractivity contribution in [2.24, 2.45) is 10.9 Å². The van der Waals surface area contributed by atoms with E-state index in [-0.39, 0.29) is 11.7 Å². The lowest BCUT2D eigenvalue weighted by molar-refractivity contribution is 0.318. The molecule has 0 spiro atoms. The van der Waals surface area contributed by atoms with E-state index in [4.69, 9.17) is 10.9 Å². The second-order valence-electron chi connectivity index (χ2n) is 4.99. The molecule has 21 heavy (non-hydrogen) atoms. The van der Waals surface area contributed by atoms with Gasteiger partial charge in [-0.05, 0) is 42.7 Å². The molecule has 1 aromatic carbocycles. The number of rotatable bonds is 2. The maximum atomic E-state index is 13.5. The molecule has 1 aliphatic rings. The van der Waals surface area contributed by atoms with Crippen LogP contribution in [0.3, 0.4) is 0 Å². The average Bonchev–Trinajstić information content (AvgIpc) is 2.89. The lowest BCUT2D eigenvalue weighted by Gasteiger charge is -2.22. The van der Waals surface area contributed by atoms with E-state index in [0.29, 0.717) is 17.9 Å². The number of fused-ring (bicyclic) bond motifs is 1. The molecule has 1 aromatic heterocycles. The highest BCUT2D eigenvalue weighted by molar-refractivity contribution is 6.03. The van der Waals surface area contributed by atoms with Crippen molar-refractivity contribution in [3.63, 3.8) is 0 Å². The van der Waals surface area contributed by atoms with Crippen molar-refractivity contribution in [3.05, 3.63) is 53.0 Å². The molecule has 0 unspecified atom stereocenters. The molecule has 0 atom stereocenters. The molecular formula is C15H15FN4O. The van der Waals surface area contributed by atoms with Crippen molar-refractivity contribution >= 4 is 17.3 Å². The number of anilines is 2. The second kappa shape index (κ2) is 5.05. The van der Waals surface area contributed by atoms with Gasteiger partial charge >= 0.3 is 0 Å². The van der Waals surface area contributed by atoms with Gasteiger partial charge in [0.25, 0.3) is 0 Å². The lowest BCUT2D eigenvalue weighted by Crippen LogP contribution is -2.23. The van der Waals surface area contributed by atoms with Gasteiger partial charge in [0.2, 0.25) is 0 Å². The Bertz CT molecular complexity index is 730. The topological polar surface area (TPSA) is 74.7 Å². The Morgan fingerprint density at radius 2 is 2.24 bits per heavy atom. The number of benzene rings is 1. The molecule has 3 N–H and O–H groups in total. The molecule has 5 nitrogen and oxygen atoms in total. The van der Waals surface area contributed by atoms with E-state index >= 15 is 0 Å². The highest BCUT2D eigenvalue weighted by Gasteiger charge is 2.25. The van der Waals surface area contributed by atoms with Gasteiger partial charge in [-0.25, -0.2) is 9.37 Å². The first-order valence-corrected chi connectivity index (χ1v) is 6.61. The summed E-state index contributed by atoms with van der Waals surface area (Å²) in [6.45, 7) is 2.54. The summed E-state index contributed by atoms with van der Waals surface area (Å²) in [6, 6.07) is 6.52. The van der Waals surface area contributed by atoms with E-state index in [1.165, 1.54) is 12.1 Å². The summed E-state index contributed by atoms with van der Waals surface area (Å²) in [5.74, 6) is 0.286. The van der Waals surface area contributed by atoms with Crippen LogP contribution in [-0.2, 0) is 6.42 Å². The fourth-order valence-corrected chi connectivity index (χ4v) is 2.69. The van der Waals surface area contributed by atoms with Gasteiger partial charge in [-0.3, -0.25) is 0 Å². The predicted molar refractivity (Wildman–Crippen MR) is 78.6 cm³/mol. The number of halogens is 1. The highest BCUT2D eigenvalue weighted by atomic mass is 19.1. The zero-order chi connectivity index (χ0) is 15.0. The number of aromatic nitrogens is 1. The Balaban J connectivity index is 2.16. The number of pyridine rings is 1. The van der Waals surface area contributed by atoms with Crippen LogP contribution in [-0.4, -0.2) is 22.6 Å². The Morgan fingerprint density at radius 3 is 3.00 bits per heavy atom. The molecule has 0 fully saturated rings. The second-order valence-corrected chi connectivity index (χ2v) is 4.99. The van der Waals surface area contributed by atoms with Crippen molar-refractivity contribution in [2.45, 2.75) is 13.3 Å². The smallest absolute Gasteiger partial charge is 0.174 e. The van der Waals surface area contributed by atoms with Crippen LogP contribution in [0, 0.1) is 12.7 Å². The van der Waals surface area contributed by atoms with Crippen molar-refractivity contribution in [1.82, 2.24) is 4.98 Å². The van der Waals surface area contributed by atoms with Crippen molar-refractivity contribution in [3.8, 4) is 0 Å². The van der Waals surface area contributed by atoms with Crippen molar-refractivity contribution < 1.29 is 9.60 Å². The zero-order valence-corrected chi connectivity index (χ0v) is 11.5. The van der Waals surface area contributed by atoms with E-state index in [9.17, 15) is 4.39 Å². The molecule has 3 rings (SSSR count). The summed E-state index contributed by atoms with van der Waals surface area (Å²) >= 11 is 0. The van der Waals surface area contributed by atoms with Gasteiger partial charge in [-0.15, -0.1) is 0 Å². The van der Waals surface area contributed by atoms with Crippen molar-refractivity contribution in [1.29, 1.82) is 0 Å². The quantitative estimate of drug-likeness (QED) is 0.384. The third kappa shape index (κ3) is 2.18. The van der Waals surface area contributed by atoms with E-state index < -0.39 is 0 Å². The van der Waals surface area contributed by atoms with Crippen LogP contribution >= 0.6 is 0 Å². The van der Waals surface area contributed by atoms with Crippen molar-refractivity contribution in [2.75, 3.05) is 11.4 Å². The Hall–Kier alpha value is -2.63. The van der Waals surface area contributed by atoms with Gasteiger partial charge in [0.1, 0.15) is 11.6 Å². The monoisotopic (exact) mass is 286 g/mol. The number of nitrogens with two attached hydrogens (primary N) is 1. The zero-order valence-electron chi connectivity index (χ0n) is 11.5. The molecule has 2 aromatic rings. The van der Waals surface area contributed by atoms with Crippen LogP contribution in [0.4, 0.5) is 15.9 Å². The number of hydrogen-bond acceptors (Lipinski definition) is 4. The first kappa shape index (κ1) is 13.4. The van der Waals surface area contributed by atoms with Crippen LogP contribution in [0.1, 0.15) is 16.7 Å². The minimum Gasteiger partial charge on any atom is -0.409 e. The fraction of sp³-hybridized carbons (Fsp3) is 0.200. The Labute approximate surface area is 121 Å². The van der Waals surface area contributed by atoms with Crippen LogP contribution in [0.15, 0.2) is 35.6 Å². The maximum absolute atomic E-state index is 13.5. The number of oxime groups is 1. The molecule has 108 valence electrons. The van der Waals surface area contributed by atoms with E-state index in [2.05, 4.69) is 10.1 Å². The molecular weight excluding hydrogens is 271 g/mol. The molecule has 2 heterocycles. The molecule has 0 saturated carbocycles. The maximum Gasteiger partial charge on any atom is 0.174 e. The van der Waals surface area contributed by atoms with Crippen LogP contribution in [0.5, 0.6) is 0 Å². The van der Waals surface area contributed by atoms with Gasteiger partial charge < -0.3 is 15.8 Å². The van der Waals surface area contributed by atoms with E-state index in [1.807, 2.05) is 11.8 Å². The van der Waals surface area contributed by atoms with Gasteiger partial charge in [0.05, 0.1) is 5.56 Å². The first-order chi connectivity index (χ1) is 10.1. The molecule has 6 heteroatoms. The third-order valence-corrected chi connectivity index (χ3v) is 3.70. The van der Waals surface area contributed by atoms with E-state index in [0.717, 1.165) is 23.2 Å². The normalized spacial score (nSPS) is 14.4. The molecule has 0 bridgehead atoms. The van der Waals surface area contributed by atoms with Crippen LogP contribution in [0.25, 0.3) is 0 Å². The summed E-state index contributed by atoms with van der Waals surface area (Å²) in [7, 11) is 0. The van der Waals surface area contributed by atoms with Gasteiger partial charge in [0.15, 0.2) is 5.84 Å². The molecule has 0 amide bonds. The van der Waals surface area contributed by atoms with Crippen LogP contribution in [0.2, 0.25) is 0 Å². The van der Waals surface area contributed by atoms with Gasteiger partial charge in [0, 0.05) is 18.4 Å². The number of nitrogens with zero attached hydrogens (tertiary/aromatic N) is 3. The SMILES string of the molecule is Cc1ccnc(N2CCc3ccc(F)cc32)c1/C(N)=N/O. The minimum atomic E-state index is -0.293. The van der Waals surface area contributed by atoms with Gasteiger partial charge in [-0.2, -0.15) is 0 Å². The largest absolute Gasteiger partial charge is 0.409 e. The fourth-order valence-electron chi connectivity index (χ4n) is 2.69. The number of hydrogen-bond donors (Lipinski definition) is 2. The summed E-state index contributed by atoms with van der Waals surface area (Å²) in [6.07, 6.45) is 2.47. The molecule has 0 saturated heterocycles. The summed E-state index contributed by atoms with van der Waals surface area (Å²) in [4.78, 5) is 6.25. The summed E-state index contributed by atoms with van der Waals surface area (Å²) in [5.41, 5.74) is 9.02. The average molecular weight is 286 g/mol. The third-order valence-electron chi connectivity index (χ3n) is 3.70. The molecule has 0 radical (unpaired) electrons. The standard InChI is InChI=1S/C15H15FN4O/c1-9-4-6-18-15(13(9)14(17)19-21)20-7-5-10-2-3-11(16)8-12(10)20/h2-4,6,8,21H,5,7H2,1H3,(H2,17,19). The highest BCUT2D eigenvalue weighted by Crippen LogP contribution is 2.36. The summed E-state index contributed by atoms with van der Waals surface area (Å²) < 4.78 is 13.5. The Kier molecular flexibility index (Phi) is 3.21. The molecule has 1 aliphatic heterocycles. The first-order valence-electron chi connectivity index (χ1n) is 6.61. The number of amidine groups is 1. The lowest BCUT2D eigenvalue weighted by atomic mass is 10.1. The van der Waals surface area contributed by atoms with Gasteiger partial charge in [-0.1, -0.05) is 11.2 Å². The summed E-state index contributed by atoms with van der Waals surface area (Å²) in [5, 5.41) is 12.1. The molecule has 0 aliphatic carbocycles. The minimum absolute atomic E-state index is 0.000420. The predicted octanol–water partition coefficient (Wildman–Crippen LogP) is 2.32. The van der Waals surface area contributed by atoms with E-state index in [1.54, 1.807) is 18.3 Å².